The van der Waals surface area contributed by atoms with Crippen LogP contribution in [0.15, 0.2) is 42.7 Å². The molecule has 0 unspecified atom stereocenters. The van der Waals surface area contributed by atoms with Crippen molar-refractivity contribution < 1.29 is 24.5 Å². The molecule has 0 radical (unpaired) electrons. The van der Waals surface area contributed by atoms with E-state index in [2.05, 4.69) is 30.6 Å². The average Bonchev–Trinajstić information content (AvgIpc) is 3.25. The first-order chi connectivity index (χ1) is 17.3. The lowest BCUT2D eigenvalue weighted by Crippen LogP contribution is -2.40. The van der Waals surface area contributed by atoms with Crippen molar-refractivity contribution in [1.82, 2.24) is 25.3 Å². The zero-order valence-electron chi connectivity index (χ0n) is 19.4. The van der Waals surface area contributed by atoms with Gasteiger partial charge in [-0.2, -0.15) is 0 Å². The summed E-state index contributed by atoms with van der Waals surface area (Å²) in [5.41, 5.74) is 3.46. The molecule has 4 aromatic heterocycles. The maximum Gasteiger partial charge on any atom is 0.253 e. The van der Waals surface area contributed by atoms with E-state index < -0.39 is 25.2 Å². The number of nitrogens with zero attached hydrogens (tertiary/aromatic N) is 3. The number of methoxy groups -OCH3 is 1. The van der Waals surface area contributed by atoms with Gasteiger partial charge in [-0.3, -0.25) is 9.59 Å². The van der Waals surface area contributed by atoms with Gasteiger partial charge in [0.25, 0.3) is 5.91 Å². The molecular formula is C24H23ClN6O5. The second-order valence-electron chi connectivity index (χ2n) is 7.83. The third-order valence-corrected chi connectivity index (χ3v) is 5.53. The molecule has 4 aromatic rings. The second-order valence-corrected chi connectivity index (χ2v) is 8.21. The van der Waals surface area contributed by atoms with Crippen LogP contribution in [0.5, 0.6) is 5.88 Å². The van der Waals surface area contributed by atoms with Gasteiger partial charge in [0.1, 0.15) is 11.0 Å². The van der Waals surface area contributed by atoms with Gasteiger partial charge in [-0.25, -0.2) is 15.0 Å². The van der Waals surface area contributed by atoms with Crippen LogP contribution in [0.4, 0.5) is 5.82 Å². The molecule has 0 saturated heterocycles. The fourth-order valence-corrected chi connectivity index (χ4v) is 3.89. The lowest BCUT2D eigenvalue weighted by atomic mass is 10.0. The summed E-state index contributed by atoms with van der Waals surface area (Å²) in [5.74, 6) is -0.0684. The number of aliphatic hydroxyl groups is 2. The topological polar surface area (TPSA) is 162 Å². The number of ether oxygens (including phenoxy) is 1. The maximum absolute atomic E-state index is 13.1. The first kappa shape index (κ1) is 25.0. The van der Waals surface area contributed by atoms with Gasteiger partial charge < -0.3 is 30.6 Å². The predicted molar refractivity (Wildman–Crippen MR) is 134 cm³/mol. The summed E-state index contributed by atoms with van der Waals surface area (Å²) in [4.78, 5) is 40.8. The number of pyridine rings is 3. The van der Waals surface area contributed by atoms with E-state index in [0.29, 0.717) is 45.1 Å². The predicted octanol–water partition coefficient (Wildman–Crippen LogP) is 2.39. The van der Waals surface area contributed by atoms with Crippen molar-refractivity contribution in [1.29, 1.82) is 0 Å². The normalized spacial score (nSPS) is 11.1. The minimum atomic E-state index is -0.848. The fraction of sp³-hybridized carbons (Fsp3) is 0.208. The van der Waals surface area contributed by atoms with Crippen LogP contribution >= 0.6 is 11.6 Å². The van der Waals surface area contributed by atoms with E-state index in [-0.39, 0.29) is 16.6 Å². The Kier molecular flexibility index (Phi) is 7.44. The summed E-state index contributed by atoms with van der Waals surface area (Å²) in [6.45, 7) is 0.506. The molecule has 0 bridgehead atoms. The number of carbonyl (C=O) groups is 2. The number of anilines is 1. The van der Waals surface area contributed by atoms with Crippen LogP contribution in [0.25, 0.3) is 33.4 Å². The molecule has 2 amide bonds. The van der Waals surface area contributed by atoms with Crippen molar-refractivity contribution in [2.45, 2.75) is 13.0 Å². The molecule has 0 aromatic carbocycles. The van der Waals surface area contributed by atoms with Crippen molar-refractivity contribution in [3.05, 3.63) is 53.4 Å². The van der Waals surface area contributed by atoms with Crippen molar-refractivity contribution in [2.75, 3.05) is 25.6 Å². The lowest BCUT2D eigenvalue weighted by Gasteiger charge is -2.13. The molecule has 36 heavy (non-hydrogen) atoms. The molecule has 0 atom stereocenters. The van der Waals surface area contributed by atoms with E-state index in [1.807, 2.05) is 0 Å². The van der Waals surface area contributed by atoms with Gasteiger partial charge in [0.15, 0.2) is 0 Å². The molecule has 0 aliphatic rings. The first-order valence-electron chi connectivity index (χ1n) is 10.8. The highest BCUT2D eigenvalue weighted by molar-refractivity contribution is 6.30. The number of aromatic nitrogens is 4. The number of nitrogens with one attached hydrogen (secondary N) is 3. The van der Waals surface area contributed by atoms with Gasteiger partial charge in [-0.05, 0) is 24.3 Å². The van der Waals surface area contributed by atoms with E-state index in [9.17, 15) is 19.8 Å². The minimum Gasteiger partial charge on any atom is -0.481 e. The number of hydrogen-bond acceptors (Lipinski definition) is 8. The summed E-state index contributed by atoms with van der Waals surface area (Å²) in [7, 11) is 1.51. The van der Waals surface area contributed by atoms with Gasteiger partial charge in [0.2, 0.25) is 11.8 Å². The van der Waals surface area contributed by atoms with Crippen molar-refractivity contribution in [3.63, 3.8) is 0 Å². The molecule has 5 N–H and O–H groups in total. The zero-order valence-corrected chi connectivity index (χ0v) is 20.1. The average molecular weight is 511 g/mol. The van der Waals surface area contributed by atoms with Crippen molar-refractivity contribution in [2.24, 2.45) is 0 Å². The number of hydrogen-bond donors (Lipinski definition) is 5. The molecule has 0 fully saturated rings. The van der Waals surface area contributed by atoms with Crippen LogP contribution < -0.4 is 15.4 Å². The largest absolute Gasteiger partial charge is 0.481 e. The molecular weight excluding hydrogens is 488 g/mol. The molecule has 12 heteroatoms. The van der Waals surface area contributed by atoms with E-state index in [1.165, 1.54) is 20.1 Å². The highest BCUT2D eigenvalue weighted by Gasteiger charge is 2.24. The number of fused-ring (bicyclic) bond motifs is 1. The Bertz CT molecular complexity index is 1420. The SMILES string of the molecule is COc1ccc(-c2c(-c3ccnc(NC(C)=O)c3)[nH]c3c(C(=O)NC(CO)CO)cc(Cl)nc23)cn1. The Labute approximate surface area is 210 Å². The van der Waals surface area contributed by atoms with Gasteiger partial charge in [0, 0.05) is 42.1 Å². The van der Waals surface area contributed by atoms with Gasteiger partial charge >= 0.3 is 0 Å². The summed E-state index contributed by atoms with van der Waals surface area (Å²) in [6, 6.07) is 7.46. The molecule has 0 aliphatic heterocycles. The molecule has 11 nitrogen and oxygen atoms in total. The highest BCUT2D eigenvalue weighted by atomic mass is 35.5. The van der Waals surface area contributed by atoms with Crippen LogP contribution in [0, 0.1) is 0 Å². The van der Waals surface area contributed by atoms with Crippen LogP contribution in [-0.4, -0.2) is 68.3 Å². The zero-order chi connectivity index (χ0) is 25.8. The van der Waals surface area contributed by atoms with Gasteiger partial charge in [0.05, 0.1) is 48.7 Å². The van der Waals surface area contributed by atoms with Crippen molar-refractivity contribution >= 4 is 40.3 Å². The second kappa shape index (κ2) is 10.7. The number of aromatic amines is 1. The first-order valence-corrected chi connectivity index (χ1v) is 11.2. The monoisotopic (exact) mass is 510 g/mol. The maximum atomic E-state index is 13.1. The van der Waals surface area contributed by atoms with E-state index in [4.69, 9.17) is 16.3 Å². The number of H-pyrrole nitrogens is 1. The van der Waals surface area contributed by atoms with Crippen LogP contribution in [-0.2, 0) is 4.79 Å². The van der Waals surface area contributed by atoms with Gasteiger partial charge in [-0.1, -0.05) is 11.6 Å². The van der Waals surface area contributed by atoms with Crippen LogP contribution in [0.3, 0.4) is 0 Å². The Hall–Kier alpha value is -4.06. The minimum absolute atomic E-state index is 0.0686. The van der Waals surface area contributed by atoms with Crippen molar-refractivity contribution in [3.8, 4) is 28.3 Å². The number of halogens is 1. The Morgan fingerprint density at radius 2 is 1.92 bits per heavy atom. The third-order valence-electron chi connectivity index (χ3n) is 5.33. The Balaban J connectivity index is 1.96. The smallest absolute Gasteiger partial charge is 0.253 e. The quantitative estimate of drug-likeness (QED) is 0.226. The number of rotatable bonds is 8. The van der Waals surface area contributed by atoms with Gasteiger partial charge in [-0.15, -0.1) is 0 Å². The highest BCUT2D eigenvalue weighted by Crippen LogP contribution is 2.39. The van der Waals surface area contributed by atoms with Crippen LogP contribution in [0.2, 0.25) is 5.15 Å². The Morgan fingerprint density at radius 3 is 2.56 bits per heavy atom. The molecule has 4 heterocycles. The van der Waals surface area contributed by atoms with Crippen LogP contribution in [0.1, 0.15) is 17.3 Å². The third kappa shape index (κ3) is 5.13. The molecule has 4 rings (SSSR count). The summed E-state index contributed by atoms with van der Waals surface area (Å²) < 4.78 is 5.17. The summed E-state index contributed by atoms with van der Waals surface area (Å²) >= 11 is 6.32. The Morgan fingerprint density at radius 1 is 1.14 bits per heavy atom. The number of aliphatic hydroxyl groups excluding tert-OH is 2. The van der Waals surface area contributed by atoms with E-state index in [1.54, 1.807) is 36.7 Å². The van der Waals surface area contributed by atoms with E-state index >= 15 is 0 Å². The molecule has 0 spiro atoms. The molecule has 0 saturated carbocycles. The fourth-order valence-electron chi connectivity index (χ4n) is 3.70. The standard InChI is InChI=1S/C24H23ClN6O5/c1-12(34)28-18-7-13(5-6-26-18)21-20(14-3-4-19(36-2)27-9-14)23-22(31-21)16(8-17(25)30-23)24(35)29-15(10-32)11-33/h3-9,15,31-33H,10-11H2,1-2H3,(H,29,35)(H,26,28,34). The molecule has 186 valence electrons. The summed E-state index contributed by atoms with van der Waals surface area (Å²) in [6.07, 6.45) is 3.15. The van der Waals surface area contributed by atoms with E-state index in [0.717, 1.165) is 0 Å². The number of amides is 2. The number of carbonyl (C=O) groups excluding carboxylic acids is 2. The summed E-state index contributed by atoms with van der Waals surface area (Å²) in [5, 5.41) is 24.1. The molecule has 0 aliphatic carbocycles. The lowest BCUT2D eigenvalue weighted by molar-refractivity contribution is -0.114.